The van der Waals surface area contributed by atoms with Gasteiger partial charge < -0.3 is 19.5 Å². The van der Waals surface area contributed by atoms with E-state index in [-0.39, 0.29) is 5.91 Å². The molecule has 1 heterocycles. The molecule has 2 aromatic carbocycles. The van der Waals surface area contributed by atoms with E-state index in [1.807, 2.05) is 56.4 Å². The van der Waals surface area contributed by atoms with Gasteiger partial charge in [-0.25, -0.2) is 0 Å². The lowest BCUT2D eigenvalue weighted by Gasteiger charge is -2.24. The molecule has 7 heteroatoms. The number of rotatable bonds is 7. The largest absolute Gasteiger partial charge is 0.497 e. The molecule has 0 fully saturated rings. The van der Waals surface area contributed by atoms with Crippen LogP contribution in [0.15, 0.2) is 54.9 Å². The first-order chi connectivity index (χ1) is 13.9. The number of aromatic nitrogens is 2. The molecule has 0 spiro atoms. The van der Waals surface area contributed by atoms with Crippen LogP contribution in [-0.2, 0) is 10.3 Å². The summed E-state index contributed by atoms with van der Waals surface area (Å²) in [5.41, 5.74) is 1.54. The highest BCUT2D eigenvalue weighted by molar-refractivity contribution is 5.96. The predicted octanol–water partition coefficient (Wildman–Crippen LogP) is 3.95. The number of hydrogen-bond acceptors (Lipinski definition) is 5. The summed E-state index contributed by atoms with van der Waals surface area (Å²) in [5.74, 6) is 1.78. The van der Waals surface area contributed by atoms with Crippen molar-refractivity contribution >= 4 is 11.6 Å². The molecule has 1 N–H and O–H groups in total. The van der Waals surface area contributed by atoms with Crippen LogP contribution in [0.25, 0.3) is 11.1 Å². The fourth-order valence-electron chi connectivity index (χ4n) is 2.88. The average molecular weight is 395 g/mol. The highest BCUT2D eigenvalue weighted by Gasteiger charge is 2.31. The van der Waals surface area contributed by atoms with Crippen LogP contribution in [0.2, 0.25) is 0 Å². The third kappa shape index (κ3) is 4.18. The summed E-state index contributed by atoms with van der Waals surface area (Å²) in [4.78, 5) is 12.9. The summed E-state index contributed by atoms with van der Waals surface area (Å²) in [6, 6.07) is 12.9. The van der Waals surface area contributed by atoms with Gasteiger partial charge in [0.1, 0.15) is 11.3 Å². The third-order valence-corrected chi connectivity index (χ3v) is 4.76. The Bertz CT molecular complexity index is 1010. The zero-order chi connectivity index (χ0) is 21.0. The molecule has 3 rings (SSSR count). The lowest BCUT2D eigenvalue weighted by atomic mass is 10.0. The Balaban J connectivity index is 1.83. The van der Waals surface area contributed by atoms with E-state index in [0.717, 1.165) is 11.1 Å². The Hall–Kier alpha value is -3.48. The minimum absolute atomic E-state index is 0.187. The van der Waals surface area contributed by atoms with Crippen LogP contribution in [0, 0.1) is 0 Å². The van der Waals surface area contributed by atoms with Crippen molar-refractivity contribution in [1.82, 2.24) is 9.78 Å². The standard InChI is InChI=1S/C22H25N3O4/c1-22(2,21(26)24-17-7-6-8-18(12-17)27-3)25-14-16(13-23-25)15-9-10-19(28-4)20(11-15)29-5/h6-14H,1-5H3,(H,24,26). The number of amides is 1. The number of methoxy groups -OCH3 is 3. The predicted molar refractivity (Wildman–Crippen MR) is 112 cm³/mol. The minimum atomic E-state index is -0.905. The second-order valence-electron chi connectivity index (χ2n) is 6.99. The Morgan fingerprint density at radius 2 is 1.72 bits per heavy atom. The van der Waals surface area contributed by atoms with Gasteiger partial charge in [0.25, 0.3) is 5.91 Å². The zero-order valence-electron chi connectivity index (χ0n) is 17.2. The van der Waals surface area contributed by atoms with Gasteiger partial charge in [-0.1, -0.05) is 12.1 Å². The molecule has 0 saturated heterocycles. The SMILES string of the molecule is COc1cccc(NC(=O)C(C)(C)n2cc(-c3ccc(OC)c(OC)c3)cn2)c1. The van der Waals surface area contributed by atoms with Gasteiger partial charge in [0, 0.05) is 23.5 Å². The first-order valence-electron chi connectivity index (χ1n) is 9.12. The maximum atomic E-state index is 12.9. The van der Waals surface area contributed by atoms with Crippen molar-refractivity contribution in [2.24, 2.45) is 0 Å². The summed E-state index contributed by atoms with van der Waals surface area (Å²) in [6.45, 7) is 3.63. The van der Waals surface area contributed by atoms with Gasteiger partial charge in [-0.3, -0.25) is 9.48 Å². The second kappa shape index (κ2) is 8.26. The van der Waals surface area contributed by atoms with Crippen molar-refractivity contribution in [2.75, 3.05) is 26.6 Å². The van der Waals surface area contributed by atoms with E-state index in [1.165, 1.54) is 0 Å². The number of carbonyl (C=O) groups excluding carboxylic acids is 1. The Labute approximate surface area is 170 Å². The van der Waals surface area contributed by atoms with Crippen molar-refractivity contribution in [3.63, 3.8) is 0 Å². The summed E-state index contributed by atoms with van der Waals surface area (Å²) in [7, 11) is 4.78. The molecule has 0 unspecified atom stereocenters. The third-order valence-electron chi connectivity index (χ3n) is 4.76. The molecule has 0 saturated carbocycles. The lowest BCUT2D eigenvalue weighted by Crippen LogP contribution is -2.40. The number of hydrogen-bond donors (Lipinski definition) is 1. The van der Waals surface area contributed by atoms with Gasteiger partial charge in [-0.05, 0) is 43.7 Å². The molecule has 7 nitrogen and oxygen atoms in total. The fraction of sp³-hybridized carbons (Fsp3) is 0.273. The van der Waals surface area contributed by atoms with Gasteiger partial charge in [0.05, 0.1) is 27.5 Å². The van der Waals surface area contributed by atoms with E-state index in [1.54, 1.807) is 38.3 Å². The minimum Gasteiger partial charge on any atom is -0.497 e. The number of carbonyl (C=O) groups is 1. The van der Waals surface area contributed by atoms with Crippen molar-refractivity contribution in [3.8, 4) is 28.4 Å². The van der Waals surface area contributed by atoms with Crippen molar-refractivity contribution < 1.29 is 19.0 Å². The molecular formula is C22H25N3O4. The summed E-state index contributed by atoms with van der Waals surface area (Å²) in [6.07, 6.45) is 3.56. The van der Waals surface area contributed by atoms with Crippen LogP contribution in [0.4, 0.5) is 5.69 Å². The van der Waals surface area contributed by atoms with Gasteiger partial charge in [-0.15, -0.1) is 0 Å². The first kappa shape index (κ1) is 20.3. The smallest absolute Gasteiger partial charge is 0.251 e. The highest BCUT2D eigenvalue weighted by atomic mass is 16.5. The molecule has 0 radical (unpaired) electrons. The molecule has 0 aliphatic carbocycles. The number of anilines is 1. The number of nitrogens with zero attached hydrogens (tertiary/aromatic N) is 2. The Morgan fingerprint density at radius 1 is 0.966 bits per heavy atom. The molecule has 1 amide bonds. The van der Waals surface area contributed by atoms with Crippen molar-refractivity contribution in [1.29, 1.82) is 0 Å². The van der Waals surface area contributed by atoms with Crippen LogP contribution >= 0.6 is 0 Å². The van der Waals surface area contributed by atoms with Gasteiger partial charge in [0.2, 0.25) is 0 Å². The number of ether oxygens (including phenoxy) is 3. The average Bonchev–Trinajstić information content (AvgIpc) is 3.24. The molecule has 0 atom stereocenters. The van der Waals surface area contributed by atoms with Crippen LogP contribution in [0.1, 0.15) is 13.8 Å². The van der Waals surface area contributed by atoms with E-state index < -0.39 is 5.54 Å². The normalized spacial score (nSPS) is 11.1. The monoisotopic (exact) mass is 395 g/mol. The second-order valence-corrected chi connectivity index (χ2v) is 6.99. The van der Waals surface area contributed by atoms with E-state index in [4.69, 9.17) is 14.2 Å². The van der Waals surface area contributed by atoms with Crippen LogP contribution in [-0.4, -0.2) is 37.0 Å². The molecule has 0 aliphatic heterocycles. The van der Waals surface area contributed by atoms with E-state index in [0.29, 0.717) is 22.9 Å². The van der Waals surface area contributed by atoms with Gasteiger partial charge in [-0.2, -0.15) is 5.10 Å². The molecule has 0 aliphatic rings. The maximum absolute atomic E-state index is 12.9. The zero-order valence-corrected chi connectivity index (χ0v) is 17.2. The summed E-state index contributed by atoms with van der Waals surface area (Å²) < 4.78 is 17.5. The topological polar surface area (TPSA) is 74.6 Å². The van der Waals surface area contributed by atoms with Gasteiger partial charge in [0.15, 0.2) is 11.5 Å². The van der Waals surface area contributed by atoms with Crippen LogP contribution in [0.3, 0.4) is 0 Å². The molecule has 152 valence electrons. The van der Waals surface area contributed by atoms with Crippen molar-refractivity contribution in [3.05, 3.63) is 54.9 Å². The number of nitrogens with one attached hydrogen (secondary N) is 1. The maximum Gasteiger partial charge on any atom is 0.251 e. The lowest BCUT2D eigenvalue weighted by molar-refractivity contribution is -0.123. The Morgan fingerprint density at radius 3 is 2.41 bits per heavy atom. The molecule has 0 bridgehead atoms. The quantitative estimate of drug-likeness (QED) is 0.656. The fourth-order valence-corrected chi connectivity index (χ4v) is 2.88. The van der Waals surface area contributed by atoms with Crippen LogP contribution in [0.5, 0.6) is 17.2 Å². The van der Waals surface area contributed by atoms with E-state index in [9.17, 15) is 4.79 Å². The molecular weight excluding hydrogens is 370 g/mol. The van der Waals surface area contributed by atoms with Crippen LogP contribution < -0.4 is 19.5 Å². The summed E-state index contributed by atoms with van der Waals surface area (Å²) >= 11 is 0. The Kier molecular flexibility index (Phi) is 5.77. The van der Waals surface area contributed by atoms with E-state index >= 15 is 0 Å². The number of benzene rings is 2. The van der Waals surface area contributed by atoms with Gasteiger partial charge >= 0.3 is 0 Å². The molecule has 3 aromatic rings. The first-order valence-corrected chi connectivity index (χ1v) is 9.12. The van der Waals surface area contributed by atoms with Crippen molar-refractivity contribution in [2.45, 2.75) is 19.4 Å². The highest BCUT2D eigenvalue weighted by Crippen LogP contribution is 2.32. The molecule has 29 heavy (non-hydrogen) atoms. The summed E-state index contributed by atoms with van der Waals surface area (Å²) in [5, 5.41) is 7.34. The molecule has 1 aromatic heterocycles. The van der Waals surface area contributed by atoms with E-state index in [2.05, 4.69) is 10.4 Å².